The Hall–Kier alpha value is -2.03. The van der Waals surface area contributed by atoms with Gasteiger partial charge in [0.1, 0.15) is 5.82 Å². The van der Waals surface area contributed by atoms with E-state index in [1.165, 1.54) is 12.1 Å². The number of amides is 2. The second kappa shape index (κ2) is 10.7. The Kier molecular flexibility index (Phi) is 7.97. The molecule has 0 aromatic heterocycles. The average Bonchev–Trinajstić information content (AvgIpc) is 2.73. The van der Waals surface area contributed by atoms with Gasteiger partial charge in [0.25, 0.3) is 0 Å². The highest BCUT2D eigenvalue weighted by atomic mass is 19.1. The van der Waals surface area contributed by atoms with E-state index in [0.717, 1.165) is 18.7 Å². The molecule has 2 amide bonds. The molecule has 0 atom stereocenters. The van der Waals surface area contributed by atoms with Crippen LogP contribution in [0.25, 0.3) is 0 Å². The van der Waals surface area contributed by atoms with Crippen molar-refractivity contribution < 1.29 is 18.7 Å². The predicted molar refractivity (Wildman–Crippen MR) is 108 cm³/mol. The number of rotatable bonds is 7. The van der Waals surface area contributed by atoms with Crippen molar-refractivity contribution in [2.75, 3.05) is 72.1 Å². The number of benzene rings is 1. The Morgan fingerprint density at radius 2 is 1.72 bits per heavy atom. The van der Waals surface area contributed by atoms with Crippen molar-refractivity contribution in [2.24, 2.45) is 0 Å². The molecule has 2 aliphatic heterocycles. The zero-order valence-corrected chi connectivity index (χ0v) is 17.2. The SMILES string of the molecule is CCN(Cc1cccc(F)c1)C(=O)CN1CCN(C(=O)CN2CCOCC2)CC1. The summed E-state index contributed by atoms with van der Waals surface area (Å²) in [6.45, 7) is 9.34. The van der Waals surface area contributed by atoms with Gasteiger partial charge in [-0.25, -0.2) is 4.39 Å². The predicted octanol–water partition coefficient (Wildman–Crippen LogP) is 0.651. The number of likely N-dealkylation sites (N-methyl/N-ethyl adjacent to an activating group) is 1. The summed E-state index contributed by atoms with van der Waals surface area (Å²) in [5.41, 5.74) is 0.790. The quantitative estimate of drug-likeness (QED) is 0.666. The van der Waals surface area contributed by atoms with Gasteiger partial charge in [0.15, 0.2) is 0 Å². The number of morpholine rings is 1. The van der Waals surface area contributed by atoms with Crippen LogP contribution in [0.5, 0.6) is 0 Å². The van der Waals surface area contributed by atoms with Gasteiger partial charge in [-0.15, -0.1) is 0 Å². The van der Waals surface area contributed by atoms with Crippen LogP contribution in [-0.2, 0) is 20.9 Å². The van der Waals surface area contributed by atoms with Gasteiger partial charge in [0.2, 0.25) is 11.8 Å². The van der Waals surface area contributed by atoms with Crippen LogP contribution in [-0.4, -0.2) is 104 Å². The first-order valence-electron chi connectivity index (χ1n) is 10.4. The van der Waals surface area contributed by atoms with Crippen molar-refractivity contribution >= 4 is 11.8 Å². The molecule has 0 unspecified atom stereocenters. The highest BCUT2D eigenvalue weighted by Crippen LogP contribution is 2.10. The van der Waals surface area contributed by atoms with E-state index in [2.05, 4.69) is 9.80 Å². The molecule has 2 fully saturated rings. The molecule has 0 bridgehead atoms. The van der Waals surface area contributed by atoms with Crippen LogP contribution in [0.2, 0.25) is 0 Å². The van der Waals surface area contributed by atoms with Gasteiger partial charge in [-0.1, -0.05) is 12.1 Å². The van der Waals surface area contributed by atoms with Crippen LogP contribution in [0.3, 0.4) is 0 Å². The van der Waals surface area contributed by atoms with Crippen LogP contribution >= 0.6 is 0 Å². The molecular weight excluding hydrogens is 375 g/mol. The molecule has 7 nitrogen and oxygen atoms in total. The van der Waals surface area contributed by atoms with E-state index in [0.29, 0.717) is 65.6 Å². The number of halogens is 1. The highest BCUT2D eigenvalue weighted by molar-refractivity contribution is 5.79. The second-order valence-electron chi connectivity index (χ2n) is 7.58. The van der Waals surface area contributed by atoms with E-state index in [1.807, 2.05) is 17.9 Å². The molecular formula is C21H31FN4O3. The third kappa shape index (κ3) is 6.48. The van der Waals surface area contributed by atoms with E-state index >= 15 is 0 Å². The maximum Gasteiger partial charge on any atom is 0.237 e. The summed E-state index contributed by atoms with van der Waals surface area (Å²) in [6, 6.07) is 6.37. The molecule has 0 spiro atoms. The van der Waals surface area contributed by atoms with Crippen molar-refractivity contribution in [1.82, 2.24) is 19.6 Å². The molecule has 8 heteroatoms. The van der Waals surface area contributed by atoms with E-state index in [1.54, 1.807) is 11.0 Å². The minimum atomic E-state index is -0.288. The number of nitrogens with zero attached hydrogens (tertiary/aromatic N) is 4. The molecule has 2 aliphatic rings. The number of carbonyl (C=O) groups excluding carboxylic acids is 2. The maximum atomic E-state index is 13.4. The Labute approximate surface area is 172 Å². The summed E-state index contributed by atoms with van der Waals surface area (Å²) in [6.07, 6.45) is 0. The molecule has 0 saturated carbocycles. The number of hydrogen-bond acceptors (Lipinski definition) is 5. The lowest BCUT2D eigenvalue weighted by atomic mass is 10.2. The van der Waals surface area contributed by atoms with Crippen LogP contribution in [0, 0.1) is 5.82 Å². The Balaban J connectivity index is 1.42. The van der Waals surface area contributed by atoms with Crippen molar-refractivity contribution in [3.8, 4) is 0 Å². The van der Waals surface area contributed by atoms with Crippen molar-refractivity contribution in [3.05, 3.63) is 35.6 Å². The summed E-state index contributed by atoms with van der Waals surface area (Å²) in [5, 5.41) is 0. The van der Waals surface area contributed by atoms with Crippen LogP contribution in [0.4, 0.5) is 4.39 Å². The van der Waals surface area contributed by atoms with Gasteiger partial charge in [0, 0.05) is 52.4 Å². The molecule has 29 heavy (non-hydrogen) atoms. The van der Waals surface area contributed by atoms with Gasteiger partial charge in [-0.3, -0.25) is 19.4 Å². The van der Waals surface area contributed by atoms with Gasteiger partial charge in [-0.05, 0) is 24.6 Å². The third-order valence-corrected chi connectivity index (χ3v) is 5.54. The Morgan fingerprint density at radius 1 is 1.03 bits per heavy atom. The lowest BCUT2D eigenvalue weighted by Gasteiger charge is -2.36. The van der Waals surface area contributed by atoms with Crippen molar-refractivity contribution in [2.45, 2.75) is 13.5 Å². The molecule has 0 aliphatic carbocycles. The molecule has 1 aromatic rings. The number of carbonyl (C=O) groups is 2. The maximum absolute atomic E-state index is 13.4. The topological polar surface area (TPSA) is 56.3 Å². The minimum absolute atomic E-state index is 0.0323. The fourth-order valence-corrected chi connectivity index (χ4v) is 3.73. The summed E-state index contributed by atoms with van der Waals surface area (Å²) in [7, 11) is 0. The van der Waals surface area contributed by atoms with E-state index < -0.39 is 0 Å². The van der Waals surface area contributed by atoms with Crippen LogP contribution < -0.4 is 0 Å². The van der Waals surface area contributed by atoms with Crippen molar-refractivity contribution in [1.29, 1.82) is 0 Å². The lowest BCUT2D eigenvalue weighted by molar-refractivity contribution is -0.136. The number of hydrogen-bond donors (Lipinski definition) is 0. The fraction of sp³-hybridized carbons (Fsp3) is 0.619. The standard InChI is InChI=1S/C21H31FN4O3/c1-2-25(15-18-4-3-5-19(22)14-18)20(27)16-23-6-8-26(9-7-23)21(28)17-24-10-12-29-13-11-24/h3-5,14H,2,6-13,15-17H2,1H3. The molecule has 2 heterocycles. The highest BCUT2D eigenvalue weighted by Gasteiger charge is 2.25. The third-order valence-electron chi connectivity index (χ3n) is 5.54. The van der Waals surface area contributed by atoms with Gasteiger partial charge in [0.05, 0.1) is 26.3 Å². The van der Waals surface area contributed by atoms with E-state index in [9.17, 15) is 14.0 Å². The molecule has 0 N–H and O–H groups in total. The summed E-state index contributed by atoms with van der Waals surface area (Å²) in [4.78, 5) is 33.1. The molecule has 0 radical (unpaired) electrons. The van der Waals surface area contributed by atoms with E-state index in [-0.39, 0.29) is 17.6 Å². The fourth-order valence-electron chi connectivity index (χ4n) is 3.73. The Morgan fingerprint density at radius 3 is 2.38 bits per heavy atom. The molecule has 2 saturated heterocycles. The molecule has 160 valence electrons. The second-order valence-corrected chi connectivity index (χ2v) is 7.58. The number of piperazine rings is 1. The molecule has 3 rings (SSSR count). The first kappa shape index (κ1) is 21.7. The number of ether oxygens (including phenoxy) is 1. The molecule has 1 aromatic carbocycles. The normalized spacial score (nSPS) is 18.6. The van der Waals surface area contributed by atoms with Gasteiger partial charge >= 0.3 is 0 Å². The average molecular weight is 407 g/mol. The smallest absolute Gasteiger partial charge is 0.237 e. The minimum Gasteiger partial charge on any atom is -0.379 e. The largest absolute Gasteiger partial charge is 0.379 e. The first-order valence-corrected chi connectivity index (χ1v) is 10.4. The van der Waals surface area contributed by atoms with Gasteiger partial charge in [-0.2, -0.15) is 0 Å². The van der Waals surface area contributed by atoms with Crippen molar-refractivity contribution in [3.63, 3.8) is 0 Å². The first-order chi connectivity index (χ1) is 14.0. The zero-order valence-electron chi connectivity index (χ0n) is 17.2. The summed E-state index contributed by atoms with van der Waals surface area (Å²) in [5.74, 6) is -0.104. The Bertz CT molecular complexity index is 688. The lowest BCUT2D eigenvalue weighted by Crippen LogP contribution is -2.53. The van der Waals surface area contributed by atoms with Crippen LogP contribution in [0.15, 0.2) is 24.3 Å². The van der Waals surface area contributed by atoms with E-state index in [4.69, 9.17) is 4.74 Å². The summed E-state index contributed by atoms with van der Waals surface area (Å²) < 4.78 is 18.7. The monoisotopic (exact) mass is 406 g/mol. The zero-order chi connectivity index (χ0) is 20.6. The van der Waals surface area contributed by atoms with Gasteiger partial charge < -0.3 is 14.5 Å². The summed E-state index contributed by atoms with van der Waals surface area (Å²) >= 11 is 0. The van der Waals surface area contributed by atoms with Crippen LogP contribution in [0.1, 0.15) is 12.5 Å².